The maximum Gasteiger partial charge on any atom is 0.322 e. The molecule has 1 heterocycles. The van der Waals surface area contributed by atoms with Gasteiger partial charge in [0.25, 0.3) is 5.91 Å². The van der Waals surface area contributed by atoms with Crippen LogP contribution in [-0.2, 0) is 4.79 Å². The zero-order valence-corrected chi connectivity index (χ0v) is 6.44. The van der Waals surface area contributed by atoms with E-state index in [1.165, 1.54) is 4.90 Å². The van der Waals surface area contributed by atoms with Crippen molar-refractivity contribution < 1.29 is 13.6 Å². The maximum atomic E-state index is 12.4. The first-order valence-electron chi connectivity index (χ1n) is 3.69. The third-order valence-corrected chi connectivity index (χ3v) is 1.77. The van der Waals surface area contributed by atoms with Crippen molar-refractivity contribution in [1.29, 1.82) is 0 Å². The molecular weight excluding hydrogens is 152 g/mol. The molecular formula is C7H11F2NO. The van der Waals surface area contributed by atoms with E-state index in [1.807, 2.05) is 0 Å². The van der Waals surface area contributed by atoms with E-state index in [9.17, 15) is 13.6 Å². The Kier molecular flexibility index (Phi) is 2.11. The molecule has 2 nitrogen and oxygen atoms in total. The second kappa shape index (κ2) is 2.75. The number of carbonyl (C=O) groups excluding carboxylic acids is 1. The van der Waals surface area contributed by atoms with E-state index >= 15 is 0 Å². The van der Waals surface area contributed by atoms with Crippen molar-refractivity contribution in [2.45, 2.75) is 25.7 Å². The zero-order chi connectivity index (χ0) is 8.48. The van der Waals surface area contributed by atoms with Crippen LogP contribution in [0.4, 0.5) is 8.78 Å². The molecule has 0 bridgehead atoms. The first kappa shape index (κ1) is 8.43. The summed E-state index contributed by atoms with van der Waals surface area (Å²) in [4.78, 5) is 12.1. The highest BCUT2D eigenvalue weighted by Crippen LogP contribution is 2.19. The van der Waals surface area contributed by atoms with Gasteiger partial charge in [0.05, 0.1) is 0 Å². The molecule has 0 aromatic heterocycles. The summed E-state index contributed by atoms with van der Waals surface area (Å²) in [6.07, 6.45) is 1.70. The third kappa shape index (κ3) is 1.88. The highest BCUT2D eigenvalue weighted by molar-refractivity contribution is 5.83. The van der Waals surface area contributed by atoms with E-state index < -0.39 is 11.8 Å². The van der Waals surface area contributed by atoms with E-state index in [0.717, 1.165) is 12.8 Å². The Morgan fingerprint density at radius 3 is 2.18 bits per heavy atom. The van der Waals surface area contributed by atoms with Crippen LogP contribution in [0.25, 0.3) is 0 Å². The number of halogens is 2. The smallest absolute Gasteiger partial charge is 0.322 e. The van der Waals surface area contributed by atoms with Crippen molar-refractivity contribution in [1.82, 2.24) is 4.90 Å². The van der Waals surface area contributed by atoms with Crippen LogP contribution in [0.1, 0.15) is 19.8 Å². The van der Waals surface area contributed by atoms with Gasteiger partial charge in [0.15, 0.2) is 0 Å². The average molecular weight is 163 g/mol. The molecule has 0 saturated carbocycles. The van der Waals surface area contributed by atoms with Gasteiger partial charge in [-0.15, -0.1) is 0 Å². The Bertz CT molecular complexity index is 158. The lowest BCUT2D eigenvalue weighted by Gasteiger charge is -2.19. The summed E-state index contributed by atoms with van der Waals surface area (Å²) in [5, 5.41) is 0. The van der Waals surface area contributed by atoms with Gasteiger partial charge in [0.2, 0.25) is 0 Å². The molecule has 0 atom stereocenters. The van der Waals surface area contributed by atoms with Gasteiger partial charge >= 0.3 is 5.92 Å². The fraction of sp³-hybridized carbons (Fsp3) is 0.857. The van der Waals surface area contributed by atoms with Crippen molar-refractivity contribution in [2.24, 2.45) is 0 Å². The molecule has 1 fully saturated rings. The quantitative estimate of drug-likeness (QED) is 0.570. The van der Waals surface area contributed by atoms with Gasteiger partial charge in [-0.3, -0.25) is 4.79 Å². The molecule has 1 aliphatic rings. The number of alkyl halides is 2. The Hall–Kier alpha value is -0.670. The fourth-order valence-corrected chi connectivity index (χ4v) is 1.20. The molecule has 0 unspecified atom stereocenters. The van der Waals surface area contributed by atoms with Crippen LogP contribution >= 0.6 is 0 Å². The van der Waals surface area contributed by atoms with E-state index in [1.54, 1.807) is 0 Å². The molecule has 0 radical (unpaired) electrons. The monoisotopic (exact) mass is 163 g/mol. The van der Waals surface area contributed by atoms with Gasteiger partial charge in [-0.05, 0) is 12.8 Å². The summed E-state index contributed by atoms with van der Waals surface area (Å²) in [5.41, 5.74) is 0. The average Bonchev–Trinajstić information content (AvgIpc) is 2.34. The molecule has 64 valence electrons. The summed E-state index contributed by atoms with van der Waals surface area (Å²) in [6.45, 7) is 1.62. The predicted octanol–water partition coefficient (Wildman–Crippen LogP) is 1.26. The highest BCUT2D eigenvalue weighted by atomic mass is 19.3. The largest absolute Gasteiger partial charge is 0.337 e. The van der Waals surface area contributed by atoms with Gasteiger partial charge in [-0.1, -0.05) is 0 Å². The number of hydrogen-bond donors (Lipinski definition) is 0. The first-order chi connectivity index (χ1) is 5.02. The molecule has 0 aromatic carbocycles. The summed E-state index contributed by atoms with van der Waals surface area (Å²) < 4.78 is 24.8. The molecule has 0 N–H and O–H groups in total. The van der Waals surface area contributed by atoms with Crippen molar-refractivity contribution in [2.75, 3.05) is 13.1 Å². The first-order valence-corrected chi connectivity index (χ1v) is 3.69. The predicted molar refractivity (Wildman–Crippen MR) is 36.4 cm³/mol. The second-order valence-electron chi connectivity index (χ2n) is 2.89. The summed E-state index contributed by atoms with van der Waals surface area (Å²) in [5.74, 6) is -4.22. The minimum atomic E-state index is -3.19. The van der Waals surface area contributed by atoms with Gasteiger partial charge in [0.1, 0.15) is 0 Å². The number of likely N-dealkylation sites (tertiary alicyclic amines) is 1. The number of amides is 1. The topological polar surface area (TPSA) is 20.3 Å². The van der Waals surface area contributed by atoms with Crippen LogP contribution in [0.15, 0.2) is 0 Å². The Balaban J connectivity index is 2.53. The van der Waals surface area contributed by atoms with E-state index in [0.29, 0.717) is 20.0 Å². The van der Waals surface area contributed by atoms with Crippen molar-refractivity contribution in [3.8, 4) is 0 Å². The van der Waals surface area contributed by atoms with Crippen molar-refractivity contribution in [3.63, 3.8) is 0 Å². The molecule has 0 spiro atoms. The fourth-order valence-electron chi connectivity index (χ4n) is 1.20. The lowest BCUT2D eigenvalue weighted by Crippen LogP contribution is -2.39. The Morgan fingerprint density at radius 1 is 1.36 bits per heavy atom. The normalized spacial score (nSPS) is 19.0. The van der Waals surface area contributed by atoms with Gasteiger partial charge in [0, 0.05) is 20.0 Å². The Morgan fingerprint density at radius 2 is 1.82 bits per heavy atom. The van der Waals surface area contributed by atoms with Crippen LogP contribution in [0.5, 0.6) is 0 Å². The molecule has 4 heteroatoms. The number of hydrogen-bond acceptors (Lipinski definition) is 1. The zero-order valence-electron chi connectivity index (χ0n) is 6.44. The molecule has 1 saturated heterocycles. The van der Waals surface area contributed by atoms with E-state index in [2.05, 4.69) is 0 Å². The molecule has 1 amide bonds. The van der Waals surface area contributed by atoms with Gasteiger partial charge in [-0.25, -0.2) is 0 Å². The summed E-state index contributed by atoms with van der Waals surface area (Å²) in [6, 6.07) is 0. The summed E-state index contributed by atoms with van der Waals surface area (Å²) >= 11 is 0. The molecule has 1 rings (SSSR count). The van der Waals surface area contributed by atoms with Crippen molar-refractivity contribution >= 4 is 5.91 Å². The maximum absolute atomic E-state index is 12.4. The molecule has 11 heavy (non-hydrogen) atoms. The number of nitrogens with zero attached hydrogens (tertiary/aromatic N) is 1. The minimum Gasteiger partial charge on any atom is -0.337 e. The second-order valence-corrected chi connectivity index (χ2v) is 2.89. The number of rotatable bonds is 1. The van der Waals surface area contributed by atoms with Crippen molar-refractivity contribution in [3.05, 3.63) is 0 Å². The molecule has 0 aliphatic carbocycles. The summed E-state index contributed by atoms with van der Waals surface area (Å²) in [7, 11) is 0. The van der Waals surface area contributed by atoms with E-state index in [-0.39, 0.29) is 0 Å². The lowest BCUT2D eigenvalue weighted by molar-refractivity contribution is -0.153. The van der Waals surface area contributed by atoms with Gasteiger partial charge < -0.3 is 4.90 Å². The Labute approximate surface area is 64.2 Å². The van der Waals surface area contributed by atoms with Crippen LogP contribution in [0, 0.1) is 0 Å². The van der Waals surface area contributed by atoms with Crippen LogP contribution in [0.3, 0.4) is 0 Å². The van der Waals surface area contributed by atoms with Crippen LogP contribution in [-0.4, -0.2) is 29.8 Å². The minimum absolute atomic E-state index is 0.488. The standard InChI is InChI=1S/C7H11F2NO/c1-7(8,9)6(11)10-4-2-3-5-10/h2-5H2,1H3. The molecule has 0 aromatic rings. The van der Waals surface area contributed by atoms with Crippen LogP contribution < -0.4 is 0 Å². The number of carbonyl (C=O) groups is 1. The highest BCUT2D eigenvalue weighted by Gasteiger charge is 2.37. The van der Waals surface area contributed by atoms with Gasteiger partial charge in [-0.2, -0.15) is 8.78 Å². The molecule has 1 aliphatic heterocycles. The lowest BCUT2D eigenvalue weighted by atomic mass is 10.3. The third-order valence-electron chi connectivity index (χ3n) is 1.77. The van der Waals surface area contributed by atoms with Crippen LogP contribution in [0.2, 0.25) is 0 Å². The van der Waals surface area contributed by atoms with E-state index in [4.69, 9.17) is 0 Å². The SMILES string of the molecule is CC(F)(F)C(=O)N1CCCC1.